The summed E-state index contributed by atoms with van der Waals surface area (Å²) in [5.74, 6) is 1.55. The Morgan fingerprint density at radius 2 is 1.85 bits per heavy atom. The number of ether oxygens (including phenoxy) is 2. The largest absolute Gasteiger partial charge is 0.493 e. The Balaban J connectivity index is 1.56. The first-order valence-electron chi connectivity index (χ1n) is 11.3. The van der Waals surface area contributed by atoms with Crippen molar-refractivity contribution in [2.24, 2.45) is 5.92 Å². The molecule has 1 fully saturated rings. The quantitative estimate of drug-likeness (QED) is 0.620. The molecule has 2 atom stereocenters. The number of carbonyl (C=O) groups is 2. The van der Waals surface area contributed by atoms with Crippen LogP contribution in [0, 0.1) is 5.92 Å². The van der Waals surface area contributed by atoms with Crippen molar-refractivity contribution in [3.63, 3.8) is 0 Å². The van der Waals surface area contributed by atoms with Crippen molar-refractivity contribution in [1.29, 1.82) is 0 Å². The van der Waals surface area contributed by atoms with E-state index in [1.165, 1.54) is 18.2 Å². The molecule has 33 heavy (non-hydrogen) atoms. The zero-order chi connectivity index (χ0) is 23.5. The molecule has 0 spiro atoms. The molecule has 1 N–H and O–H groups in total. The lowest BCUT2D eigenvalue weighted by Crippen LogP contribution is -2.41. The number of hydrogen-bond donors (Lipinski definition) is 1. The highest BCUT2D eigenvalue weighted by Gasteiger charge is 2.28. The highest BCUT2D eigenvalue weighted by Crippen LogP contribution is 2.42. The minimum absolute atomic E-state index is 0.0749. The highest BCUT2D eigenvalue weighted by atomic mass is 32.2. The third-order valence-corrected chi connectivity index (χ3v) is 7.53. The van der Waals surface area contributed by atoms with Crippen molar-refractivity contribution < 1.29 is 19.1 Å². The highest BCUT2D eigenvalue weighted by molar-refractivity contribution is 8.04. The van der Waals surface area contributed by atoms with E-state index in [0.717, 1.165) is 35.4 Å². The smallest absolute Gasteiger partial charge is 0.264 e. The van der Waals surface area contributed by atoms with Crippen molar-refractivity contribution in [2.75, 3.05) is 26.2 Å². The first kappa shape index (κ1) is 23.2. The Morgan fingerprint density at radius 3 is 2.58 bits per heavy atom. The van der Waals surface area contributed by atoms with Crippen LogP contribution >= 0.6 is 11.8 Å². The first-order chi connectivity index (χ1) is 15.9. The zero-order valence-electron chi connectivity index (χ0n) is 19.5. The molecule has 7 heteroatoms. The second-order valence-corrected chi connectivity index (χ2v) is 9.70. The molecule has 4 rings (SSSR count). The van der Waals surface area contributed by atoms with Crippen molar-refractivity contribution in [2.45, 2.75) is 43.5 Å². The normalized spacial score (nSPS) is 21.5. The summed E-state index contributed by atoms with van der Waals surface area (Å²) >= 11 is 1.41. The summed E-state index contributed by atoms with van der Waals surface area (Å²) in [5.41, 5.74) is 2.18. The standard InChI is InChI=1S/C26H30N2O4S/c1-16-7-5-6-8-19(16)27-25(29)18-10-12-23-20(15-18)28(2)26(30)24(33-23)14-17-9-11-21(31-3)22(13-17)32-4/h9-16,19H,5-8H2,1-4H3,(H,27,29). The minimum atomic E-state index is -0.110. The molecule has 2 aromatic carbocycles. The SMILES string of the molecule is COc1ccc(C=C2Sc3ccc(C(=O)NC4CCCCC4C)cc3N(C)C2=O)cc1OC. The van der Waals surface area contributed by atoms with E-state index in [0.29, 0.717) is 27.9 Å². The Labute approximate surface area is 199 Å². The van der Waals surface area contributed by atoms with Gasteiger partial charge in [0.05, 0.1) is 24.8 Å². The summed E-state index contributed by atoms with van der Waals surface area (Å²) in [6, 6.07) is 11.3. The molecular weight excluding hydrogens is 436 g/mol. The number of carbonyl (C=O) groups excluding carboxylic acids is 2. The van der Waals surface area contributed by atoms with Gasteiger partial charge in [-0.25, -0.2) is 0 Å². The molecule has 1 aliphatic heterocycles. The third-order valence-electron chi connectivity index (χ3n) is 6.45. The Hall–Kier alpha value is -2.93. The molecule has 0 radical (unpaired) electrons. The number of hydrogen-bond acceptors (Lipinski definition) is 5. The Bertz CT molecular complexity index is 1100. The van der Waals surface area contributed by atoms with Gasteiger partial charge in [-0.3, -0.25) is 9.59 Å². The molecule has 0 saturated heterocycles. The van der Waals surface area contributed by atoms with Gasteiger partial charge in [0.1, 0.15) is 0 Å². The lowest BCUT2D eigenvalue weighted by atomic mass is 9.86. The van der Waals surface area contributed by atoms with E-state index in [1.807, 2.05) is 42.5 Å². The van der Waals surface area contributed by atoms with Gasteiger partial charge in [0.2, 0.25) is 0 Å². The third kappa shape index (κ3) is 4.88. The van der Waals surface area contributed by atoms with Crippen LogP contribution in [0.5, 0.6) is 11.5 Å². The van der Waals surface area contributed by atoms with E-state index in [1.54, 1.807) is 26.2 Å². The molecule has 2 aromatic rings. The first-order valence-corrected chi connectivity index (χ1v) is 12.1. The van der Waals surface area contributed by atoms with Crippen LogP contribution in [0.2, 0.25) is 0 Å². The summed E-state index contributed by atoms with van der Waals surface area (Å²) in [7, 11) is 4.92. The summed E-state index contributed by atoms with van der Waals surface area (Å²) in [5, 5.41) is 3.20. The number of thioether (sulfide) groups is 1. The van der Waals surface area contributed by atoms with Gasteiger partial charge in [-0.15, -0.1) is 0 Å². The van der Waals surface area contributed by atoms with Gasteiger partial charge in [0.15, 0.2) is 11.5 Å². The van der Waals surface area contributed by atoms with Crippen LogP contribution in [0.25, 0.3) is 6.08 Å². The summed E-state index contributed by atoms with van der Waals surface area (Å²) in [4.78, 5) is 29.1. The molecule has 174 valence electrons. The lowest BCUT2D eigenvalue weighted by Gasteiger charge is -2.30. The number of rotatable bonds is 5. The predicted octanol–water partition coefficient (Wildman–Crippen LogP) is 5.12. The van der Waals surface area contributed by atoms with E-state index in [2.05, 4.69) is 12.2 Å². The number of amides is 2. The van der Waals surface area contributed by atoms with Crippen LogP contribution in [0.1, 0.15) is 48.5 Å². The molecule has 1 heterocycles. The van der Waals surface area contributed by atoms with Crippen LogP contribution in [0.15, 0.2) is 46.2 Å². The van der Waals surface area contributed by atoms with Crippen LogP contribution in [-0.2, 0) is 4.79 Å². The monoisotopic (exact) mass is 466 g/mol. The minimum Gasteiger partial charge on any atom is -0.493 e. The fraction of sp³-hybridized carbons (Fsp3) is 0.385. The number of anilines is 1. The van der Waals surface area contributed by atoms with Crippen LogP contribution < -0.4 is 19.7 Å². The van der Waals surface area contributed by atoms with Gasteiger partial charge >= 0.3 is 0 Å². The van der Waals surface area contributed by atoms with Gasteiger partial charge in [0.25, 0.3) is 11.8 Å². The fourth-order valence-electron chi connectivity index (χ4n) is 4.41. The number of benzene rings is 2. The summed E-state index contributed by atoms with van der Waals surface area (Å²) in [6.07, 6.45) is 6.41. The molecule has 6 nitrogen and oxygen atoms in total. The maximum absolute atomic E-state index is 13.1. The number of fused-ring (bicyclic) bond motifs is 1. The van der Waals surface area contributed by atoms with Crippen molar-refractivity contribution in [1.82, 2.24) is 5.32 Å². The van der Waals surface area contributed by atoms with Gasteiger partial charge in [-0.2, -0.15) is 0 Å². The van der Waals surface area contributed by atoms with Crippen LogP contribution in [0.4, 0.5) is 5.69 Å². The van der Waals surface area contributed by atoms with Gasteiger partial charge in [0, 0.05) is 23.5 Å². The fourth-order valence-corrected chi connectivity index (χ4v) is 5.50. The number of likely N-dealkylation sites (N-methyl/N-ethyl adjacent to an activating group) is 1. The molecule has 2 amide bonds. The van der Waals surface area contributed by atoms with Crippen molar-refractivity contribution in [3.05, 3.63) is 52.4 Å². The molecule has 2 unspecified atom stereocenters. The van der Waals surface area contributed by atoms with Gasteiger partial charge in [-0.05, 0) is 60.7 Å². The van der Waals surface area contributed by atoms with Gasteiger partial charge in [-0.1, -0.05) is 37.6 Å². The van der Waals surface area contributed by atoms with Crippen LogP contribution in [-0.4, -0.2) is 39.1 Å². The molecule has 1 saturated carbocycles. The molecule has 2 aliphatic rings. The molecule has 0 aromatic heterocycles. The molecule has 0 bridgehead atoms. The maximum atomic E-state index is 13.1. The summed E-state index contributed by atoms with van der Waals surface area (Å²) in [6.45, 7) is 2.20. The lowest BCUT2D eigenvalue weighted by molar-refractivity contribution is -0.114. The molecule has 1 aliphatic carbocycles. The molecular formula is C26H30N2O4S. The Morgan fingerprint density at radius 1 is 1.09 bits per heavy atom. The average molecular weight is 467 g/mol. The van der Waals surface area contributed by atoms with E-state index in [4.69, 9.17) is 9.47 Å². The summed E-state index contributed by atoms with van der Waals surface area (Å²) < 4.78 is 10.7. The predicted molar refractivity (Wildman–Crippen MR) is 132 cm³/mol. The van der Waals surface area contributed by atoms with Gasteiger partial charge < -0.3 is 19.7 Å². The second kappa shape index (κ2) is 9.91. The van der Waals surface area contributed by atoms with Crippen molar-refractivity contribution >= 4 is 35.3 Å². The number of methoxy groups -OCH3 is 2. The van der Waals surface area contributed by atoms with E-state index >= 15 is 0 Å². The zero-order valence-corrected chi connectivity index (χ0v) is 20.3. The number of nitrogens with zero attached hydrogens (tertiary/aromatic N) is 1. The topological polar surface area (TPSA) is 67.9 Å². The van der Waals surface area contributed by atoms with E-state index in [9.17, 15) is 9.59 Å². The van der Waals surface area contributed by atoms with E-state index in [-0.39, 0.29) is 17.9 Å². The number of nitrogens with one attached hydrogen (secondary N) is 1. The maximum Gasteiger partial charge on any atom is 0.264 e. The second-order valence-electron chi connectivity index (χ2n) is 8.61. The Kier molecular flexibility index (Phi) is 6.98. The van der Waals surface area contributed by atoms with E-state index < -0.39 is 0 Å². The average Bonchev–Trinajstić information content (AvgIpc) is 2.83. The van der Waals surface area contributed by atoms with Crippen LogP contribution in [0.3, 0.4) is 0 Å². The van der Waals surface area contributed by atoms with Crippen molar-refractivity contribution in [3.8, 4) is 11.5 Å².